The van der Waals surface area contributed by atoms with Crippen LogP contribution in [0.25, 0.3) is 0 Å². The maximum atomic E-state index is 12.2. The zero-order chi connectivity index (χ0) is 9.30. The normalized spacial score (nSPS) is 11.6. The number of halogens is 2. The van der Waals surface area contributed by atoms with E-state index >= 15 is 0 Å². The average molecular weight is 174 g/mol. The fourth-order valence-corrected chi connectivity index (χ4v) is 0.977. The van der Waals surface area contributed by atoms with Crippen molar-refractivity contribution >= 4 is 0 Å². The van der Waals surface area contributed by atoms with E-state index in [0.29, 0.717) is 5.56 Å². The summed E-state index contributed by atoms with van der Waals surface area (Å²) in [6, 6.07) is 0.135. The Morgan fingerprint density at radius 1 is 1.42 bits per heavy atom. The van der Waals surface area contributed by atoms with Crippen molar-refractivity contribution in [1.82, 2.24) is 9.78 Å². The highest BCUT2D eigenvalue weighted by molar-refractivity contribution is 5.15. The number of alkyl halides is 2. The monoisotopic (exact) mass is 174 g/mol. The van der Waals surface area contributed by atoms with Gasteiger partial charge in [0.25, 0.3) is 6.43 Å². The van der Waals surface area contributed by atoms with Crippen LogP contribution in [0.1, 0.15) is 37.6 Å². The van der Waals surface area contributed by atoms with Crippen LogP contribution in [-0.4, -0.2) is 9.78 Å². The highest BCUT2D eigenvalue weighted by Crippen LogP contribution is 2.21. The average Bonchev–Trinajstić information content (AvgIpc) is 2.30. The van der Waals surface area contributed by atoms with Crippen LogP contribution in [0.3, 0.4) is 0 Å². The van der Waals surface area contributed by atoms with Crippen LogP contribution in [0.15, 0.2) is 6.20 Å². The van der Waals surface area contributed by atoms with Crippen LogP contribution in [-0.2, 0) is 0 Å². The Morgan fingerprint density at radius 2 is 2.00 bits per heavy atom. The number of hydrogen-bond acceptors (Lipinski definition) is 1. The first kappa shape index (κ1) is 9.16. The minimum atomic E-state index is -2.47. The summed E-state index contributed by atoms with van der Waals surface area (Å²) in [6.07, 6.45) is -0.823. The predicted molar refractivity (Wildman–Crippen MR) is 42.3 cm³/mol. The lowest BCUT2D eigenvalue weighted by molar-refractivity contribution is 0.144. The number of hydrogen-bond donors (Lipinski definition) is 0. The van der Waals surface area contributed by atoms with Crippen molar-refractivity contribution in [2.45, 2.75) is 33.2 Å². The number of nitrogens with zero attached hydrogens (tertiary/aromatic N) is 2. The van der Waals surface area contributed by atoms with Crippen LogP contribution in [0, 0.1) is 6.92 Å². The van der Waals surface area contributed by atoms with E-state index in [2.05, 4.69) is 5.10 Å². The molecule has 0 atom stereocenters. The molecule has 0 aliphatic carbocycles. The van der Waals surface area contributed by atoms with E-state index in [9.17, 15) is 8.78 Å². The summed E-state index contributed by atoms with van der Waals surface area (Å²) in [5.74, 6) is 0. The van der Waals surface area contributed by atoms with Crippen LogP contribution < -0.4 is 0 Å². The van der Waals surface area contributed by atoms with Gasteiger partial charge >= 0.3 is 0 Å². The Morgan fingerprint density at radius 3 is 2.25 bits per heavy atom. The zero-order valence-electron chi connectivity index (χ0n) is 7.38. The molecule has 0 aliphatic heterocycles. The second-order valence-corrected chi connectivity index (χ2v) is 3.07. The zero-order valence-corrected chi connectivity index (χ0v) is 7.38. The van der Waals surface area contributed by atoms with Crippen molar-refractivity contribution in [3.8, 4) is 0 Å². The molecule has 0 saturated carbocycles. The lowest BCUT2D eigenvalue weighted by atomic mass is 10.3. The van der Waals surface area contributed by atoms with Crippen molar-refractivity contribution in [3.63, 3.8) is 0 Å². The first-order valence-corrected chi connectivity index (χ1v) is 3.86. The van der Waals surface area contributed by atoms with Crippen molar-refractivity contribution < 1.29 is 8.78 Å². The molecular formula is C8H12F2N2. The Hall–Kier alpha value is -0.930. The van der Waals surface area contributed by atoms with E-state index in [-0.39, 0.29) is 11.7 Å². The molecule has 0 unspecified atom stereocenters. The van der Waals surface area contributed by atoms with E-state index in [4.69, 9.17) is 0 Å². The molecule has 0 aliphatic rings. The van der Waals surface area contributed by atoms with Gasteiger partial charge in [-0.2, -0.15) is 5.10 Å². The van der Waals surface area contributed by atoms with Gasteiger partial charge in [-0.1, -0.05) is 0 Å². The Bertz CT molecular complexity index is 266. The molecule has 0 radical (unpaired) electrons. The molecule has 0 N–H and O–H groups in total. The summed E-state index contributed by atoms with van der Waals surface area (Å²) in [5.41, 5.74) is 0.447. The topological polar surface area (TPSA) is 17.8 Å². The molecule has 0 fully saturated rings. The predicted octanol–water partition coefficient (Wildman–Crippen LogP) is 2.71. The molecule has 12 heavy (non-hydrogen) atoms. The third-order valence-electron chi connectivity index (χ3n) is 1.69. The van der Waals surface area contributed by atoms with E-state index in [1.165, 1.54) is 0 Å². The lowest BCUT2D eigenvalue weighted by Crippen LogP contribution is -2.01. The molecule has 0 saturated heterocycles. The first-order valence-electron chi connectivity index (χ1n) is 3.86. The third kappa shape index (κ3) is 1.62. The third-order valence-corrected chi connectivity index (χ3v) is 1.69. The molecule has 0 aromatic carbocycles. The molecule has 68 valence electrons. The quantitative estimate of drug-likeness (QED) is 0.674. The summed E-state index contributed by atoms with van der Waals surface area (Å²) in [4.78, 5) is 0. The fourth-order valence-electron chi connectivity index (χ4n) is 0.977. The summed E-state index contributed by atoms with van der Waals surface area (Å²) in [7, 11) is 0. The number of aryl methyl sites for hydroxylation is 1. The first-order chi connectivity index (χ1) is 5.52. The number of rotatable bonds is 2. The van der Waals surface area contributed by atoms with Gasteiger partial charge in [0, 0.05) is 12.2 Å². The van der Waals surface area contributed by atoms with Gasteiger partial charge in [-0.25, -0.2) is 8.78 Å². The minimum absolute atomic E-state index is 0.108. The summed E-state index contributed by atoms with van der Waals surface area (Å²) >= 11 is 0. The van der Waals surface area contributed by atoms with Crippen molar-refractivity contribution in [2.24, 2.45) is 0 Å². The molecule has 2 nitrogen and oxygen atoms in total. The van der Waals surface area contributed by atoms with Gasteiger partial charge in [0.1, 0.15) is 5.69 Å². The molecular weight excluding hydrogens is 162 g/mol. The Labute approximate surface area is 70.2 Å². The maximum Gasteiger partial charge on any atom is 0.282 e. The standard InChI is InChI=1S/C8H12F2N2/c1-5(2)12-4-6(3)7(11-12)8(9)10/h4-5,8H,1-3H3. The van der Waals surface area contributed by atoms with E-state index < -0.39 is 6.43 Å². The van der Waals surface area contributed by atoms with Crippen molar-refractivity contribution in [3.05, 3.63) is 17.5 Å². The SMILES string of the molecule is Cc1cn(C(C)C)nc1C(F)F. The molecule has 0 spiro atoms. The van der Waals surface area contributed by atoms with Gasteiger partial charge in [-0.3, -0.25) is 4.68 Å². The molecule has 0 bridgehead atoms. The Kier molecular flexibility index (Phi) is 2.45. The molecule has 1 aromatic rings. The van der Waals surface area contributed by atoms with Gasteiger partial charge in [0.05, 0.1) is 0 Å². The highest BCUT2D eigenvalue weighted by Gasteiger charge is 2.15. The van der Waals surface area contributed by atoms with E-state index in [0.717, 1.165) is 0 Å². The van der Waals surface area contributed by atoms with Gasteiger partial charge in [0.2, 0.25) is 0 Å². The molecule has 1 rings (SSSR count). The molecule has 1 aromatic heterocycles. The van der Waals surface area contributed by atoms with Gasteiger partial charge in [-0.05, 0) is 26.3 Å². The van der Waals surface area contributed by atoms with E-state index in [1.54, 1.807) is 17.8 Å². The number of aromatic nitrogens is 2. The summed E-state index contributed by atoms with van der Waals surface area (Å²) < 4.78 is 26.0. The summed E-state index contributed by atoms with van der Waals surface area (Å²) in [5, 5.41) is 3.78. The smallest absolute Gasteiger partial charge is 0.270 e. The van der Waals surface area contributed by atoms with Crippen molar-refractivity contribution in [1.29, 1.82) is 0 Å². The van der Waals surface area contributed by atoms with Crippen LogP contribution in [0.5, 0.6) is 0 Å². The van der Waals surface area contributed by atoms with Crippen LogP contribution in [0.4, 0.5) is 8.78 Å². The maximum absolute atomic E-state index is 12.2. The molecule has 4 heteroatoms. The van der Waals surface area contributed by atoms with Gasteiger partial charge < -0.3 is 0 Å². The van der Waals surface area contributed by atoms with E-state index in [1.807, 2.05) is 13.8 Å². The van der Waals surface area contributed by atoms with Gasteiger partial charge in [0.15, 0.2) is 0 Å². The fraction of sp³-hybridized carbons (Fsp3) is 0.625. The Balaban J connectivity index is 3.00. The van der Waals surface area contributed by atoms with Gasteiger partial charge in [-0.15, -0.1) is 0 Å². The minimum Gasteiger partial charge on any atom is -0.270 e. The summed E-state index contributed by atoms with van der Waals surface area (Å²) in [6.45, 7) is 5.46. The highest BCUT2D eigenvalue weighted by atomic mass is 19.3. The largest absolute Gasteiger partial charge is 0.282 e. The molecule has 1 heterocycles. The lowest BCUT2D eigenvalue weighted by Gasteiger charge is -2.03. The van der Waals surface area contributed by atoms with Crippen LogP contribution in [0.2, 0.25) is 0 Å². The second kappa shape index (κ2) is 3.21. The molecule has 0 amide bonds. The van der Waals surface area contributed by atoms with Crippen molar-refractivity contribution in [2.75, 3.05) is 0 Å². The second-order valence-electron chi connectivity index (χ2n) is 3.07. The van der Waals surface area contributed by atoms with Crippen LogP contribution >= 0.6 is 0 Å².